The van der Waals surface area contributed by atoms with Gasteiger partial charge in [-0.1, -0.05) is 42.8 Å². The summed E-state index contributed by atoms with van der Waals surface area (Å²) in [4.78, 5) is 27.6. The molecule has 2 amide bonds. The van der Waals surface area contributed by atoms with Crippen molar-refractivity contribution in [3.8, 4) is 0 Å². The average Bonchev–Trinajstić information content (AvgIpc) is 2.77. The van der Waals surface area contributed by atoms with Gasteiger partial charge in [-0.2, -0.15) is 13.2 Å². The number of amides is 2. The van der Waals surface area contributed by atoms with Crippen LogP contribution in [-0.4, -0.2) is 50.5 Å². The van der Waals surface area contributed by atoms with Crippen LogP contribution in [0.1, 0.15) is 37.0 Å². The number of hydrogen-bond acceptors (Lipinski definition) is 4. The highest BCUT2D eigenvalue weighted by Gasteiger charge is 2.35. The van der Waals surface area contributed by atoms with Gasteiger partial charge in [0.25, 0.3) is 0 Å². The highest BCUT2D eigenvalue weighted by molar-refractivity contribution is 7.92. The second kappa shape index (κ2) is 12.0. The quantitative estimate of drug-likeness (QED) is 0.478. The first-order chi connectivity index (χ1) is 16.7. The number of rotatable bonds is 10. The molecule has 0 saturated carbocycles. The third kappa shape index (κ3) is 7.36. The third-order valence-electron chi connectivity index (χ3n) is 5.56. The van der Waals surface area contributed by atoms with Gasteiger partial charge in [-0.05, 0) is 49.6 Å². The standard InChI is InChI=1S/C24H29ClF3N3O4S/c1-5-20(23(33)29-6-2)30(14-17-10-8-7-9-16(17)3)22(32)15-31(36(4,34)35)21-13-18(24(26,27)28)11-12-19(21)25/h7-13,20H,5-6,14-15H2,1-4H3,(H,29,33). The first-order valence-corrected chi connectivity index (χ1v) is 13.4. The topological polar surface area (TPSA) is 86.8 Å². The van der Waals surface area contributed by atoms with Gasteiger partial charge in [0.1, 0.15) is 12.6 Å². The zero-order chi connectivity index (χ0) is 27.3. The van der Waals surface area contributed by atoms with E-state index in [-0.39, 0.29) is 18.0 Å². The van der Waals surface area contributed by atoms with E-state index >= 15 is 0 Å². The van der Waals surface area contributed by atoms with Crippen molar-refractivity contribution in [2.75, 3.05) is 23.7 Å². The van der Waals surface area contributed by atoms with Crippen molar-refractivity contribution in [1.29, 1.82) is 0 Å². The minimum Gasteiger partial charge on any atom is -0.355 e. The summed E-state index contributed by atoms with van der Waals surface area (Å²) >= 11 is 6.08. The van der Waals surface area contributed by atoms with Crippen LogP contribution < -0.4 is 9.62 Å². The van der Waals surface area contributed by atoms with Crippen LogP contribution in [-0.2, 0) is 32.3 Å². The Morgan fingerprint density at radius 2 is 1.75 bits per heavy atom. The summed E-state index contributed by atoms with van der Waals surface area (Å²) in [5.74, 6) is -1.19. The van der Waals surface area contributed by atoms with Crippen molar-refractivity contribution in [3.05, 3.63) is 64.2 Å². The molecule has 0 aromatic heterocycles. The minimum absolute atomic E-state index is 0.00489. The van der Waals surface area contributed by atoms with E-state index in [2.05, 4.69) is 5.32 Å². The van der Waals surface area contributed by atoms with E-state index < -0.39 is 51.9 Å². The smallest absolute Gasteiger partial charge is 0.355 e. The Hall–Kier alpha value is -2.79. The molecule has 198 valence electrons. The Bertz CT molecular complexity index is 1210. The number of carbonyl (C=O) groups is 2. The monoisotopic (exact) mass is 547 g/mol. The van der Waals surface area contributed by atoms with Gasteiger partial charge in [-0.3, -0.25) is 13.9 Å². The molecule has 1 atom stereocenters. The van der Waals surface area contributed by atoms with Gasteiger partial charge in [-0.15, -0.1) is 0 Å². The van der Waals surface area contributed by atoms with Gasteiger partial charge in [-0.25, -0.2) is 8.42 Å². The van der Waals surface area contributed by atoms with Crippen LogP contribution in [0.3, 0.4) is 0 Å². The summed E-state index contributed by atoms with van der Waals surface area (Å²) in [6.07, 6.45) is -3.76. The van der Waals surface area contributed by atoms with Crippen molar-refractivity contribution in [1.82, 2.24) is 10.2 Å². The molecule has 12 heteroatoms. The Balaban J connectivity index is 2.55. The fourth-order valence-corrected chi connectivity index (χ4v) is 4.78. The number of anilines is 1. The van der Waals surface area contributed by atoms with Crippen LogP contribution in [0.5, 0.6) is 0 Å². The second-order valence-corrected chi connectivity index (χ2v) is 10.5. The number of carbonyl (C=O) groups excluding carboxylic acids is 2. The highest BCUT2D eigenvalue weighted by Crippen LogP contribution is 2.36. The zero-order valence-electron chi connectivity index (χ0n) is 20.4. The molecule has 0 aliphatic carbocycles. The molecule has 2 aromatic carbocycles. The molecule has 0 saturated heterocycles. The van der Waals surface area contributed by atoms with Gasteiger partial charge in [0, 0.05) is 13.1 Å². The maximum absolute atomic E-state index is 13.6. The second-order valence-electron chi connectivity index (χ2n) is 8.20. The Morgan fingerprint density at radius 3 is 2.28 bits per heavy atom. The number of nitrogens with one attached hydrogen (secondary N) is 1. The van der Waals surface area contributed by atoms with Crippen LogP contribution in [0.15, 0.2) is 42.5 Å². The van der Waals surface area contributed by atoms with Crippen LogP contribution >= 0.6 is 11.6 Å². The number of hydrogen-bond donors (Lipinski definition) is 1. The summed E-state index contributed by atoms with van der Waals surface area (Å²) in [5.41, 5.74) is -0.0173. The molecule has 0 aliphatic heterocycles. The molecule has 2 aromatic rings. The number of sulfonamides is 1. The fourth-order valence-electron chi connectivity index (χ4n) is 3.66. The Labute approximate surface area is 214 Å². The molecule has 36 heavy (non-hydrogen) atoms. The first-order valence-electron chi connectivity index (χ1n) is 11.2. The molecule has 0 aliphatic rings. The summed E-state index contributed by atoms with van der Waals surface area (Å²) in [6.45, 7) is 4.72. The van der Waals surface area contributed by atoms with E-state index in [0.29, 0.717) is 16.9 Å². The normalized spacial score (nSPS) is 12.7. The number of aryl methyl sites for hydroxylation is 1. The Kier molecular flexibility index (Phi) is 9.78. The van der Waals surface area contributed by atoms with Crippen molar-refractivity contribution in [3.63, 3.8) is 0 Å². The molecule has 2 rings (SSSR count). The molecule has 0 heterocycles. The van der Waals surface area contributed by atoms with Crippen LogP contribution in [0.2, 0.25) is 5.02 Å². The lowest BCUT2D eigenvalue weighted by Gasteiger charge is -2.33. The molecule has 1 unspecified atom stereocenters. The zero-order valence-corrected chi connectivity index (χ0v) is 22.0. The molecule has 1 N–H and O–H groups in total. The average molecular weight is 548 g/mol. The minimum atomic E-state index is -4.76. The van der Waals surface area contributed by atoms with Crippen molar-refractivity contribution in [2.45, 2.75) is 46.0 Å². The van der Waals surface area contributed by atoms with Gasteiger partial charge in [0.2, 0.25) is 21.8 Å². The van der Waals surface area contributed by atoms with Crippen molar-refractivity contribution in [2.24, 2.45) is 0 Å². The van der Waals surface area contributed by atoms with E-state index in [1.54, 1.807) is 26.0 Å². The third-order valence-corrected chi connectivity index (χ3v) is 7.01. The van der Waals surface area contributed by atoms with E-state index in [4.69, 9.17) is 11.6 Å². The lowest BCUT2D eigenvalue weighted by atomic mass is 10.1. The Morgan fingerprint density at radius 1 is 1.11 bits per heavy atom. The highest BCUT2D eigenvalue weighted by atomic mass is 35.5. The number of halogens is 4. The molecule has 0 bridgehead atoms. The van der Waals surface area contributed by atoms with E-state index in [0.717, 1.165) is 29.5 Å². The van der Waals surface area contributed by atoms with Gasteiger partial charge < -0.3 is 10.2 Å². The molecular weight excluding hydrogens is 519 g/mol. The van der Waals surface area contributed by atoms with Crippen molar-refractivity contribution < 1.29 is 31.2 Å². The van der Waals surface area contributed by atoms with Crippen molar-refractivity contribution >= 4 is 39.1 Å². The molecule has 7 nitrogen and oxygen atoms in total. The lowest BCUT2D eigenvalue weighted by molar-refractivity contribution is -0.140. The summed E-state index contributed by atoms with van der Waals surface area (Å²) in [7, 11) is -4.24. The van der Waals surface area contributed by atoms with Crippen LogP contribution in [0, 0.1) is 6.92 Å². The summed E-state index contributed by atoms with van der Waals surface area (Å²) < 4.78 is 65.7. The van der Waals surface area contributed by atoms with Gasteiger partial charge in [0.05, 0.1) is 22.5 Å². The van der Waals surface area contributed by atoms with Crippen LogP contribution in [0.25, 0.3) is 0 Å². The summed E-state index contributed by atoms with van der Waals surface area (Å²) in [5, 5.41) is 2.39. The van der Waals surface area contributed by atoms with Gasteiger partial charge >= 0.3 is 6.18 Å². The number of alkyl halides is 3. The van der Waals surface area contributed by atoms with Crippen LogP contribution in [0.4, 0.5) is 18.9 Å². The van der Waals surface area contributed by atoms with E-state index in [1.165, 1.54) is 4.90 Å². The fraction of sp³-hybridized carbons (Fsp3) is 0.417. The number of benzene rings is 2. The SMILES string of the molecule is CCNC(=O)C(CC)N(Cc1ccccc1C)C(=O)CN(c1cc(C(F)(F)F)ccc1Cl)S(C)(=O)=O. The van der Waals surface area contributed by atoms with Gasteiger partial charge in [0.15, 0.2) is 0 Å². The largest absolute Gasteiger partial charge is 0.416 e. The number of nitrogens with zero attached hydrogens (tertiary/aromatic N) is 2. The molecule has 0 spiro atoms. The maximum atomic E-state index is 13.6. The molecule has 0 fully saturated rings. The predicted molar refractivity (Wildman–Crippen MR) is 133 cm³/mol. The maximum Gasteiger partial charge on any atom is 0.416 e. The molecule has 0 radical (unpaired) electrons. The number of likely N-dealkylation sites (N-methyl/N-ethyl adjacent to an activating group) is 1. The lowest BCUT2D eigenvalue weighted by Crippen LogP contribution is -2.52. The van der Waals surface area contributed by atoms with E-state index in [1.807, 2.05) is 19.1 Å². The molecular formula is C24H29ClF3N3O4S. The first kappa shape index (κ1) is 29.4. The van der Waals surface area contributed by atoms with E-state index in [9.17, 15) is 31.2 Å². The predicted octanol–water partition coefficient (Wildman–Crippen LogP) is 4.38. The summed E-state index contributed by atoms with van der Waals surface area (Å²) in [6, 6.07) is 8.49.